The van der Waals surface area contributed by atoms with E-state index in [1.807, 2.05) is 18.2 Å². The number of primary amides is 1. The van der Waals surface area contributed by atoms with E-state index in [0.717, 1.165) is 12.4 Å². The van der Waals surface area contributed by atoms with Gasteiger partial charge in [0.15, 0.2) is 0 Å². The maximum Gasteiger partial charge on any atom is 0.404 e. The quantitative estimate of drug-likeness (QED) is 0.741. The van der Waals surface area contributed by atoms with Gasteiger partial charge in [-0.3, -0.25) is 0 Å². The Morgan fingerprint density at radius 3 is 2.50 bits per heavy atom. The Bertz CT molecular complexity index is 289. The van der Waals surface area contributed by atoms with E-state index in [1.165, 1.54) is 5.56 Å². The average Bonchev–Trinajstić information content (AvgIpc) is 2.08. The van der Waals surface area contributed by atoms with Crippen molar-refractivity contribution in [3.63, 3.8) is 0 Å². The Hall–Kier alpha value is -1.71. The van der Waals surface area contributed by atoms with Crippen LogP contribution in [0.1, 0.15) is 12.5 Å². The van der Waals surface area contributed by atoms with Crippen LogP contribution in [0.25, 0.3) is 0 Å². The molecule has 0 atom stereocenters. The van der Waals surface area contributed by atoms with Crippen LogP contribution in [-0.2, 0) is 11.3 Å². The Morgan fingerprint density at radius 2 is 2.29 bits per heavy atom. The van der Waals surface area contributed by atoms with Gasteiger partial charge in [0.1, 0.15) is 12.4 Å². The number of benzene rings is 1. The van der Waals surface area contributed by atoms with Crippen molar-refractivity contribution in [1.29, 1.82) is 0 Å². The van der Waals surface area contributed by atoms with E-state index in [1.54, 1.807) is 6.92 Å². The largest absolute Gasteiger partial charge is 0.488 e. The SMILES string of the molecule is CCOC(N)=O.c1ccc2c(c1)CO2. The summed E-state index contributed by atoms with van der Waals surface area (Å²) in [6.45, 7) is 2.86. The van der Waals surface area contributed by atoms with Gasteiger partial charge in [-0.25, -0.2) is 4.79 Å². The van der Waals surface area contributed by atoms with Crippen molar-refractivity contribution in [3.05, 3.63) is 29.8 Å². The lowest BCUT2D eigenvalue weighted by Crippen LogP contribution is -2.11. The van der Waals surface area contributed by atoms with Crippen molar-refractivity contribution < 1.29 is 14.3 Å². The average molecular weight is 195 g/mol. The molecule has 76 valence electrons. The third-order valence-electron chi connectivity index (χ3n) is 1.64. The second kappa shape index (κ2) is 5.11. The molecule has 0 fully saturated rings. The number of carbonyl (C=O) groups is 1. The molecule has 2 N–H and O–H groups in total. The summed E-state index contributed by atoms with van der Waals surface area (Å²) in [5.74, 6) is 1.05. The zero-order chi connectivity index (χ0) is 10.4. The van der Waals surface area contributed by atoms with Gasteiger partial charge in [-0.1, -0.05) is 18.2 Å². The zero-order valence-corrected chi connectivity index (χ0v) is 8.03. The van der Waals surface area contributed by atoms with Crippen molar-refractivity contribution in [1.82, 2.24) is 0 Å². The van der Waals surface area contributed by atoms with Gasteiger partial charge < -0.3 is 15.2 Å². The second-order valence-corrected chi connectivity index (χ2v) is 2.65. The zero-order valence-electron chi connectivity index (χ0n) is 8.03. The molecule has 1 aliphatic heterocycles. The minimum Gasteiger partial charge on any atom is -0.488 e. The van der Waals surface area contributed by atoms with Crippen LogP contribution in [-0.4, -0.2) is 12.7 Å². The molecule has 0 spiro atoms. The molecule has 0 bridgehead atoms. The number of hydrogen-bond donors (Lipinski definition) is 1. The van der Waals surface area contributed by atoms with Crippen LogP contribution in [0.5, 0.6) is 5.75 Å². The van der Waals surface area contributed by atoms with Gasteiger partial charge in [0, 0.05) is 5.56 Å². The molecule has 4 heteroatoms. The molecule has 0 aromatic heterocycles. The molecule has 2 rings (SSSR count). The highest BCUT2D eigenvalue weighted by Gasteiger charge is 2.10. The molecule has 0 radical (unpaired) electrons. The number of amides is 1. The van der Waals surface area contributed by atoms with E-state index in [4.69, 9.17) is 4.74 Å². The van der Waals surface area contributed by atoms with Gasteiger partial charge in [-0.15, -0.1) is 0 Å². The smallest absolute Gasteiger partial charge is 0.404 e. The normalized spacial score (nSPS) is 10.9. The summed E-state index contributed by atoms with van der Waals surface area (Å²) >= 11 is 0. The Morgan fingerprint density at radius 1 is 1.57 bits per heavy atom. The number of rotatable bonds is 1. The fourth-order valence-corrected chi connectivity index (χ4v) is 0.981. The minimum absolute atomic E-state index is 0.356. The van der Waals surface area contributed by atoms with Crippen molar-refractivity contribution >= 4 is 6.09 Å². The van der Waals surface area contributed by atoms with E-state index >= 15 is 0 Å². The molecule has 1 aliphatic rings. The highest BCUT2D eigenvalue weighted by Crippen LogP contribution is 2.27. The first-order valence-electron chi connectivity index (χ1n) is 4.37. The van der Waals surface area contributed by atoms with Crippen LogP contribution in [0, 0.1) is 0 Å². The van der Waals surface area contributed by atoms with Crippen LogP contribution in [0.2, 0.25) is 0 Å². The van der Waals surface area contributed by atoms with E-state index in [-0.39, 0.29) is 0 Å². The van der Waals surface area contributed by atoms with Crippen molar-refractivity contribution in [2.45, 2.75) is 13.5 Å². The molecular formula is C10H13NO3. The summed E-state index contributed by atoms with van der Waals surface area (Å²) in [5.41, 5.74) is 5.87. The fraction of sp³-hybridized carbons (Fsp3) is 0.300. The number of carbonyl (C=O) groups excluding carboxylic acids is 1. The molecule has 1 aromatic rings. The van der Waals surface area contributed by atoms with E-state index in [2.05, 4.69) is 16.5 Å². The summed E-state index contributed by atoms with van der Waals surface area (Å²) in [7, 11) is 0. The predicted molar refractivity (Wildman–Crippen MR) is 52.0 cm³/mol. The molecule has 0 unspecified atom stereocenters. The molecule has 0 aliphatic carbocycles. The summed E-state index contributed by atoms with van der Waals surface area (Å²) < 4.78 is 9.26. The molecule has 0 saturated heterocycles. The molecular weight excluding hydrogens is 182 g/mol. The molecule has 1 amide bonds. The first kappa shape index (κ1) is 10.4. The van der Waals surface area contributed by atoms with Crippen molar-refractivity contribution in [2.24, 2.45) is 5.73 Å². The lowest BCUT2D eigenvalue weighted by Gasteiger charge is -2.18. The Kier molecular flexibility index (Phi) is 3.79. The maximum absolute atomic E-state index is 9.60. The molecule has 4 nitrogen and oxygen atoms in total. The summed E-state index contributed by atoms with van der Waals surface area (Å²) in [6.07, 6.45) is -0.711. The number of fused-ring (bicyclic) bond motifs is 1. The number of para-hydroxylation sites is 1. The van der Waals surface area contributed by atoms with Gasteiger partial charge in [-0.2, -0.15) is 0 Å². The lowest BCUT2D eigenvalue weighted by atomic mass is 10.1. The van der Waals surface area contributed by atoms with Gasteiger partial charge in [0.2, 0.25) is 0 Å². The first-order chi connectivity index (χ1) is 6.74. The summed E-state index contributed by atoms with van der Waals surface area (Å²) in [4.78, 5) is 9.60. The van der Waals surface area contributed by atoms with Gasteiger partial charge in [0.25, 0.3) is 0 Å². The minimum atomic E-state index is -0.711. The van der Waals surface area contributed by atoms with Crippen LogP contribution < -0.4 is 10.5 Å². The Balaban J connectivity index is 0.000000149. The van der Waals surface area contributed by atoms with Crippen LogP contribution in [0.15, 0.2) is 24.3 Å². The summed E-state index contributed by atoms with van der Waals surface area (Å²) in [5, 5.41) is 0. The molecule has 14 heavy (non-hydrogen) atoms. The number of ether oxygens (including phenoxy) is 2. The van der Waals surface area contributed by atoms with E-state index in [9.17, 15) is 4.79 Å². The molecule has 1 aromatic carbocycles. The van der Waals surface area contributed by atoms with E-state index in [0.29, 0.717) is 6.61 Å². The monoisotopic (exact) mass is 195 g/mol. The standard InChI is InChI=1S/C7H6O.C3H7NO2/c1-2-4-7-6(3-1)5-8-7;1-2-6-3(4)5/h1-4H,5H2;2H2,1H3,(H2,4,5). The van der Waals surface area contributed by atoms with Crippen LogP contribution >= 0.6 is 0 Å². The summed E-state index contributed by atoms with van der Waals surface area (Å²) in [6, 6.07) is 8.08. The van der Waals surface area contributed by atoms with Gasteiger partial charge in [-0.05, 0) is 13.0 Å². The van der Waals surface area contributed by atoms with Crippen LogP contribution in [0.3, 0.4) is 0 Å². The highest BCUT2D eigenvalue weighted by atomic mass is 16.5. The number of nitrogens with two attached hydrogens (primary N) is 1. The van der Waals surface area contributed by atoms with Crippen molar-refractivity contribution in [3.8, 4) is 5.75 Å². The highest BCUT2D eigenvalue weighted by molar-refractivity contribution is 5.64. The molecule has 0 saturated carbocycles. The fourth-order valence-electron chi connectivity index (χ4n) is 0.981. The van der Waals surface area contributed by atoms with Gasteiger partial charge in [0.05, 0.1) is 6.61 Å². The van der Waals surface area contributed by atoms with Crippen LogP contribution in [0.4, 0.5) is 4.79 Å². The van der Waals surface area contributed by atoms with Gasteiger partial charge >= 0.3 is 6.09 Å². The Labute approximate surface area is 82.6 Å². The van der Waals surface area contributed by atoms with Crippen molar-refractivity contribution in [2.75, 3.05) is 6.61 Å². The topological polar surface area (TPSA) is 61.5 Å². The second-order valence-electron chi connectivity index (χ2n) is 2.65. The molecule has 1 heterocycles. The maximum atomic E-state index is 9.60. The number of hydrogen-bond acceptors (Lipinski definition) is 3. The first-order valence-corrected chi connectivity index (χ1v) is 4.37. The lowest BCUT2D eigenvalue weighted by molar-refractivity contribution is 0.163. The predicted octanol–water partition coefficient (Wildman–Crippen LogP) is 1.68. The third kappa shape index (κ3) is 2.97. The van der Waals surface area contributed by atoms with E-state index < -0.39 is 6.09 Å². The third-order valence-corrected chi connectivity index (χ3v) is 1.64.